The summed E-state index contributed by atoms with van der Waals surface area (Å²) in [5.74, 6) is -8.76. The van der Waals surface area contributed by atoms with E-state index in [1.807, 2.05) is 0 Å². The fraction of sp³-hybridized carbons (Fsp3) is 0.400. The third-order valence-electron chi connectivity index (χ3n) is 6.54. The van der Waals surface area contributed by atoms with Crippen LogP contribution >= 0.6 is 12.4 Å². The molecule has 5 rings (SSSR count). The number of alkyl halides is 4. The largest absolute Gasteiger partial charge is 0.449 e. The summed E-state index contributed by atoms with van der Waals surface area (Å²) in [6, 6.07) is 9.85. The van der Waals surface area contributed by atoms with Gasteiger partial charge in [-0.15, -0.1) is 12.4 Å². The van der Waals surface area contributed by atoms with Gasteiger partial charge in [0, 0.05) is 12.4 Å². The maximum absolute atomic E-state index is 14.8. The van der Waals surface area contributed by atoms with Gasteiger partial charge in [-0.25, -0.2) is 14.4 Å². The number of ether oxygens (including phenoxy) is 3. The number of hydrogen-bond donors (Lipinski definition) is 5. The quantitative estimate of drug-likeness (QED) is 0.169. The number of carbonyl (C=O) groups is 1. The molecule has 2 aromatic heterocycles. The third kappa shape index (κ3) is 7.08. The van der Waals surface area contributed by atoms with Crippen LogP contribution in [-0.4, -0.2) is 89.9 Å². The van der Waals surface area contributed by atoms with Gasteiger partial charge in [0.2, 0.25) is 12.5 Å². The molecule has 3 aromatic rings. The summed E-state index contributed by atoms with van der Waals surface area (Å²) in [6.45, 7) is -1.62. The first-order chi connectivity index (χ1) is 20.7. The first kappa shape index (κ1) is 35.3. The average molecular weight is 667 g/mol. The van der Waals surface area contributed by atoms with E-state index >= 15 is 0 Å². The molecule has 45 heavy (non-hydrogen) atoms. The van der Waals surface area contributed by atoms with Crippen LogP contribution in [0.5, 0.6) is 0 Å². The Bertz CT molecular complexity index is 1600. The van der Waals surface area contributed by atoms with Crippen LogP contribution in [0, 0.1) is 0 Å². The molecular weight excluding hydrogens is 640 g/mol. The van der Waals surface area contributed by atoms with Crippen molar-refractivity contribution in [2.45, 2.75) is 48.7 Å². The van der Waals surface area contributed by atoms with Crippen LogP contribution in [0.2, 0.25) is 0 Å². The zero-order chi connectivity index (χ0) is 32.4. The molecule has 0 spiro atoms. The Morgan fingerprint density at radius 3 is 1.76 bits per heavy atom. The molecule has 4 heterocycles. The average Bonchev–Trinajstić information content (AvgIpc) is 3.36. The van der Waals surface area contributed by atoms with Crippen LogP contribution in [-0.2, 0) is 14.2 Å². The normalized spacial score (nSPS) is 26.3. The van der Waals surface area contributed by atoms with Crippen molar-refractivity contribution in [2.24, 2.45) is 0 Å². The van der Waals surface area contributed by atoms with Gasteiger partial charge in [0.25, 0.3) is 0 Å². The van der Waals surface area contributed by atoms with Crippen molar-refractivity contribution >= 4 is 30.0 Å². The van der Waals surface area contributed by atoms with Crippen molar-refractivity contribution in [3.05, 3.63) is 81.4 Å². The molecule has 2 unspecified atom stereocenters. The number of aliphatic hydroxyl groups excluding tert-OH is 3. The van der Waals surface area contributed by atoms with Crippen molar-refractivity contribution in [3.8, 4) is 0 Å². The fourth-order valence-corrected chi connectivity index (χ4v) is 4.35. The van der Waals surface area contributed by atoms with E-state index in [1.165, 1.54) is 12.1 Å². The SMILES string of the molecule is Cl.Nc1ccn([C@@H]2O[C@H](CO)C(O)C2(F)F)c(=O)n1.Nc1ccn([C@@H]2O[C@H](CO)C(OC(=O)c3ccccc3)C2(F)F)c(=O)n1. The molecule has 7 N–H and O–H groups in total. The van der Waals surface area contributed by atoms with E-state index in [4.69, 9.17) is 30.8 Å². The molecule has 2 saturated heterocycles. The predicted molar refractivity (Wildman–Crippen MR) is 147 cm³/mol. The van der Waals surface area contributed by atoms with E-state index in [2.05, 4.69) is 9.97 Å². The molecule has 246 valence electrons. The number of anilines is 2. The summed E-state index contributed by atoms with van der Waals surface area (Å²) in [7, 11) is 0. The van der Waals surface area contributed by atoms with Gasteiger partial charge in [-0.1, -0.05) is 18.2 Å². The first-order valence-corrected chi connectivity index (χ1v) is 12.6. The molecule has 0 bridgehead atoms. The van der Waals surface area contributed by atoms with E-state index < -0.39 is 79.3 Å². The van der Waals surface area contributed by atoms with E-state index in [1.54, 1.807) is 18.2 Å². The molecule has 2 aliphatic heterocycles. The second kappa shape index (κ2) is 13.9. The number of nitrogens with two attached hydrogens (primary N) is 2. The molecular formula is C25H27ClF4N6O9. The molecule has 2 aliphatic rings. The second-order valence-corrected chi connectivity index (χ2v) is 9.49. The van der Waals surface area contributed by atoms with Crippen molar-refractivity contribution in [1.82, 2.24) is 19.1 Å². The van der Waals surface area contributed by atoms with Gasteiger partial charge < -0.3 is 41.0 Å². The fourth-order valence-electron chi connectivity index (χ4n) is 4.35. The number of hydrogen-bond acceptors (Lipinski definition) is 13. The molecule has 0 amide bonds. The maximum atomic E-state index is 14.8. The lowest BCUT2D eigenvalue weighted by Gasteiger charge is -2.24. The minimum atomic E-state index is -3.79. The molecule has 0 aliphatic carbocycles. The van der Waals surface area contributed by atoms with Gasteiger partial charge in [0.05, 0.1) is 18.8 Å². The monoisotopic (exact) mass is 666 g/mol. The summed E-state index contributed by atoms with van der Waals surface area (Å²) in [4.78, 5) is 42.1. The number of rotatable bonds is 6. The Hall–Kier alpha value is -4.14. The number of benzene rings is 1. The summed E-state index contributed by atoms with van der Waals surface area (Å²) in [5.41, 5.74) is 8.56. The lowest BCUT2D eigenvalue weighted by molar-refractivity contribution is -0.142. The highest BCUT2D eigenvalue weighted by atomic mass is 35.5. The van der Waals surface area contributed by atoms with E-state index in [-0.39, 0.29) is 29.6 Å². The molecule has 0 radical (unpaired) electrons. The van der Waals surface area contributed by atoms with Crippen LogP contribution in [0.4, 0.5) is 29.2 Å². The highest BCUT2D eigenvalue weighted by Gasteiger charge is 2.62. The molecule has 1 aromatic carbocycles. The van der Waals surface area contributed by atoms with Crippen LogP contribution < -0.4 is 22.8 Å². The van der Waals surface area contributed by atoms with E-state index in [0.29, 0.717) is 9.13 Å². The van der Waals surface area contributed by atoms with Crippen LogP contribution in [0.1, 0.15) is 22.8 Å². The topological polar surface area (TPSA) is 227 Å². The Kier molecular flexibility index (Phi) is 10.9. The van der Waals surface area contributed by atoms with Crippen molar-refractivity contribution in [2.75, 3.05) is 24.7 Å². The predicted octanol–water partition coefficient (Wildman–Crippen LogP) is -0.291. The summed E-state index contributed by atoms with van der Waals surface area (Å²) in [6.07, 6.45) is -9.40. The third-order valence-corrected chi connectivity index (χ3v) is 6.54. The minimum absolute atomic E-state index is 0. The lowest BCUT2D eigenvalue weighted by Crippen LogP contribution is -2.44. The Labute approximate surface area is 256 Å². The zero-order valence-electron chi connectivity index (χ0n) is 22.7. The molecule has 2 fully saturated rings. The van der Waals surface area contributed by atoms with E-state index in [9.17, 15) is 42.2 Å². The summed E-state index contributed by atoms with van der Waals surface area (Å²) < 4.78 is 72.9. The standard InChI is InChI=1S/C16H15F2N3O5.C9H11F2N3O4.ClH/c17-16(18)12(26-13(23)9-4-2-1-3-5-9)10(8-22)25-14(16)21-7-6-11(19)20-15(21)24;10-9(11)6(16)4(3-15)18-7(9)14-2-1-5(12)13-8(14)17;/h1-7,10,12,14,22H,8H2,(H2,19,20,24);1-2,4,6-7,15-16H,3H2,(H2,12,13,17);1H/t10-,12?,14-;4-,6?,7-;/m11./s1. The highest BCUT2D eigenvalue weighted by molar-refractivity contribution is 5.89. The van der Waals surface area contributed by atoms with Gasteiger partial charge in [-0.3, -0.25) is 9.13 Å². The van der Waals surface area contributed by atoms with Gasteiger partial charge in [0.1, 0.15) is 23.8 Å². The molecule has 0 saturated carbocycles. The number of esters is 1. The summed E-state index contributed by atoms with van der Waals surface area (Å²) >= 11 is 0. The number of aliphatic hydroxyl groups is 3. The Morgan fingerprint density at radius 2 is 1.31 bits per heavy atom. The zero-order valence-corrected chi connectivity index (χ0v) is 23.5. The smallest absolute Gasteiger partial charge is 0.351 e. The van der Waals surface area contributed by atoms with Crippen molar-refractivity contribution in [3.63, 3.8) is 0 Å². The lowest BCUT2D eigenvalue weighted by atomic mass is 10.1. The first-order valence-electron chi connectivity index (χ1n) is 12.6. The summed E-state index contributed by atoms with van der Waals surface area (Å²) in [5, 5.41) is 27.5. The maximum Gasteiger partial charge on any atom is 0.351 e. The van der Waals surface area contributed by atoms with Gasteiger partial charge >= 0.3 is 29.2 Å². The minimum Gasteiger partial charge on any atom is -0.449 e. The highest BCUT2D eigenvalue weighted by Crippen LogP contribution is 2.44. The number of halogens is 5. The van der Waals surface area contributed by atoms with Gasteiger partial charge in [0.15, 0.2) is 12.2 Å². The molecule has 20 heteroatoms. The van der Waals surface area contributed by atoms with Gasteiger partial charge in [-0.2, -0.15) is 27.5 Å². The second-order valence-electron chi connectivity index (χ2n) is 9.49. The number of aromatic nitrogens is 4. The van der Waals surface area contributed by atoms with Crippen LogP contribution in [0.15, 0.2) is 64.4 Å². The Balaban J connectivity index is 0.000000256. The van der Waals surface area contributed by atoms with E-state index in [0.717, 1.165) is 24.5 Å². The number of nitrogen functional groups attached to an aromatic ring is 2. The number of nitrogens with zero attached hydrogens (tertiary/aromatic N) is 4. The van der Waals surface area contributed by atoms with Crippen molar-refractivity contribution in [1.29, 1.82) is 0 Å². The van der Waals surface area contributed by atoms with Gasteiger partial charge in [-0.05, 0) is 24.3 Å². The van der Waals surface area contributed by atoms with Crippen LogP contribution in [0.3, 0.4) is 0 Å². The number of carbonyl (C=O) groups excluding carboxylic acids is 1. The molecule has 6 atom stereocenters. The Morgan fingerprint density at radius 1 is 0.844 bits per heavy atom. The van der Waals surface area contributed by atoms with Crippen molar-refractivity contribution < 1.29 is 51.9 Å². The van der Waals surface area contributed by atoms with Crippen LogP contribution in [0.25, 0.3) is 0 Å². The molecule has 15 nitrogen and oxygen atoms in total.